The summed E-state index contributed by atoms with van der Waals surface area (Å²) < 4.78 is 0. The molecule has 1 nitrogen and oxygen atoms in total. The first-order chi connectivity index (χ1) is 4.84. The predicted molar refractivity (Wildman–Crippen MR) is 44.8 cm³/mol. The van der Waals surface area contributed by atoms with Gasteiger partial charge in [0, 0.05) is 6.04 Å². The molecule has 1 aliphatic carbocycles. The molecule has 1 rings (SSSR count). The SMILES string of the molecule is CCCC[C@H]1CCC[C@H]1N. The molecule has 0 aromatic carbocycles. The third kappa shape index (κ3) is 1.98. The van der Waals surface area contributed by atoms with Gasteiger partial charge in [0.15, 0.2) is 0 Å². The zero-order chi connectivity index (χ0) is 7.40. The van der Waals surface area contributed by atoms with Gasteiger partial charge in [-0.25, -0.2) is 0 Å². The Labute approximate surface area is 64.0 Å². The van der Waals surface area contributed by atoms with Crippen molar-refractivity contribution in [2.24, 2.45) is 11.7 Å². The molecule has 0 aliphatic heterocycles. The van der Waals surface area contributed by atoms with Crippen molar-refractivity contribution < 1.29 is 0 Å². The molecule has 2 atom stereocenters. The fourth-order valence-electron chi connectivity index (χ4n) is 1.89. The van der Waals surface area contributed by atoms with Crippen LogP contribution in [0.15, 0.2) is 0 Å². The molecule has 0 saturated heterocycles. The zero-order valence-corrected chi connectivity index (χ0v) is 6.97. The first-order valence-corrected chi connectivity index (χ1v) is 4.60. The maximum Gasteiger partial charge on any atom is 0.00671 e. The monoisotopic (exact) mass is 141 g/mol. The Morgan fingerprint density at radius 2 is 2.20 bits per heavy atom. The first-order valence-electron chi connectivity index (χ1n) is 4.60. The third-order valence-electron chi connectivity index (χ3n) is 2.65. The molecule has 10 heavy (non-hydrogen) atoms. The van der Waals surface area contributed by atoms with Crippen molar-refractivity contribution in [3.05, 3.63) is 0 Å². The largest absolute Gasteiger partial charge is 0.327 e. The maximum atomic E-state index is 5.92. The van der Waals surface area contributed by atoms with E-state index in [4.69, 9.17) is 5.73 Å². The Kier molecular flexibility index (Phi) is 3.20. The lowest BCUT2D eigenvalue weighted by atomic mass is 9.98. The Bertz CT molecular complexity index is 90.7. The fourth-order valence-corrected chi connectivity index (χ4v) is 1.89. The molecule has 0 aromatic heterocycles. The van der Waals surface area contributed by atoms with Crippen molar-refractivity contribution in [2.75, 3.05) is 0 Å². The predicted octanol–water partition coefficient (Wildman–Crippen LogP) is 2.30. The van der Waals surface area contributed by atoms with Gasteiger partial charge >= 0.3 is 0 Å². The van der Waals surface area contributed by atoms with Gasteiger partial charge in [-0.3, -0.25) is 0 Å². The summed E-state index contributed by atoms with van der Waals surface area (Å²) in [7, 11) is 0. The minimum atomic E-state index is 0.534. The Morgan fingerprint density at radius 1 is 1.40 bits per heavy atom. The maximum absolute atomic E-state index is 5.92. The van der Waals surface area contributed by atoms with Crippen molar-refractivity contribution in [1.82, 2.24) is 0 Å². The molecule has 1 saturated carbocycles. The van der Waals surface area contributed by atoms with E-state index in [1.165, 1.54) is 38.5 Å². The lowest BCUT2D eigenvalue weighted by molar-refractivity contribution is 0.431. The third-order valence-corrected chi connectivity index (χ3v) is 2.65. The second-order valence-corrected chi connectivity index (χ2v) is 3.50. The average molecular weight is 141 g/mol. The van der Waals surface area contributed by atoms with E-state index in [1.54, 1.807) is 0 Å². The molecule has 0 aromatic rings. The molecule has 1 aliphatic rings. The summed E-state index contributed by atoms with van der Waals surface area (Å²) in [5.41, 5.74) is 5.92. The van der Waals surface area contributed by atoms with E-state index in [0.717, 1.165) is 5.92 Å². The molecule has 0 spiro atoms. The second-order valence-electron chi connectivity index (χ2n) is 3.50. The molecule has 60 valence electrons. The van der Waals surface area contributed by atoms with Crippen LogP contribution in [0.5, 0.6) is 0 Å². The quantitative estimate of drug-likeness (QED) is 0.641. The van der Waals surface area contributed by atoms with Gasteiger partial charge in [0.2, 0.25) is 0 Å². The van der Waals surface area contributed by atoms with Crippen LogP contribution >= 0.6 is 0 Å². The van der Waals surface area contributed by atoms with Gasteiger partial charge in [0.05, 0.1) is 0 Å². The molecule has 0 radical (unpaired) electrons. The summed E-state index contributed by atoms with van der Waals surface area (Å²) >= 11 is 0. The van der Waals surface area contributed by atoms with Crippen LogP contribution in [-0.4, -0.2) is 6.04 Å². The summed E-state index contributed by atoms with van der Waals surface area (Å²) in [4.78, 5) is 0. The van der Waals surface area contributed by atoms with E-state index in [9.17, 15) is 0 Å². The zero-order valence-electron chi connectivity index (χ0n) is 6.97. The fraction of sp³-hybridized carbons (Fsp3) is 1.00. The topological polar surface area (TPSA) is 26.0 Å². The van der Waals surface area contributed by atoms with Crippen LogP contribution in [0.3, 0.4) is 0 Å². The number of hydrogen-bond acceptors (Lipinski definition) is 1. The van der Waals surface area contributed by atoms with Crippen LogP contribution in [0.25, 0.3) is 0 Å². The lowest BCUT2D eigenvalue weighted by Crippen LogP contribution is -2.24. The van der Waals surface area contributed by atoms with Crippen LogP contribution < -0.4 is 5.73 Å². The van der Waals surface area contributed by atoms with Crippen molar-refractivity contribution in [3.63, 3.8) is 0 Å². The Balaban J connectivity index is 2.14. The van der Waals surface area contributed by atoms with Crippen molar-refractivity contribution >= 4 is 0 Å². The molecule has 0 bridgehead atoms. The van der Waals surface area contributed by atoms with Crippen LogP contribution in [0.4, 0.5) is 0 Å². The minimum Gasteiger partial charge on any atom is -0.327 e. The summed E-state index contributed by atoms with van der Waals surface area (Å²) in [6.07, 6.45) is 8.10. The summed E-state index contributed by atoms with van der Waals surface area (Å²) in [6.45, 7) is 2.25. The van der Waals surface area contributed by atoms with Gasteiger partial charge in [-0.05, 0) is 25.2 Å². The molecular weight excluding hydrogens is 122 g/mol. The second kappa shape index (κ2) is 3.97. The highest BCUT2D eigenvalue weighted by Gasteiger charge is 2.22. The van der Waals surface area contributed by atoms with Crippen molar-refractivity contribution in [1.29, 1.82) is 0 Å². The van der Waals surface area contributed by atoms with Crippen LogP contribution in [0.2, 0.25) is 0 Å². The molecular formula is C9H19N. The normalized spacial score (nSPS) is 33.0. The minimum absolute atomic E-state index is 0.534. The summed E-state index contributed by atoms with van der Waals surface area (Å²) in [5.74, 6) is 0.861. The van der Waals surface area contributed by atoms with Crippen molar-refractivity contribution in [2.45, 2.75) is 51.5 Å². The van der Waals surface area contributed by atoms with Gasteiger partial charge in [-0.2, -0.15) is 0 Å². The van der Waals surface area contributed by atoms with Gasteiger partial charge < -0.3 is 5.73 Å². The highest BCUT2D eigenvalue weighted by atomic mass is 14.7. The highest BCUT2D eigenvalue weighted by molar-refractivity contribution is 4.79. The Hall–Kier alpha value is -0.0400. The van der Waals surface area contributed by atoms with Crippen LogP contribution in [0.1, 0.15) is 45.4 Å². The van der Waals surface area contributed by atoms with Gasteiger partial charge in [0.1, 0.15) is 0 Å². The van der Waals surface area contributed by atoms with E-state index >= 15 is 0 Å². The smallest absolute Gasteiger partial charge is 0.00671 e. The van der Waals surface area contributed by atoms with Crippen LogP contribution in [0, 0.1) is 5.92 Å². The molecule has 0 unspecified atom stereocenters. The summed E-state index contributed by atoms with van der Waals surface area (Å²) in [6, 6.07) is 0.534. The van der Waals surface area contributed by atoms with E-state index in [0.29, 0.717) is 6.04 Å². The number of nitrogens with two attached hydrogens (primary N) is 1. The first kappa shape index (κ1) is 8.06. The molecule has 0 heterocycles. The number of hydrogen-bond donors (Lipinski definition) is 1. The van der Waals surface area contributed by atoms with E-state index in [-0.39, 0.29) is 0 Å². The van der Waals surface area contributed by atoms with E-state index in [1.807, 2.05) is 0 Å². The van der Waals surface area contributed by atoms with E-state index < -0.39 is 0 Å². The highest BCUT2D eigenvalue weighted by Crippen LogP contribution is 2.27. The number of rotatable bonds is 3. The molecule has 2 N–H and O–H groups in total. The average Bonchev–Trinajstić information content (AvgIpc) is 2.31. The van der Waals surface area contributed by atoms with Crippen molar-refractivity contribution in [3.8, 4) is 0 Å². The van der Waals surface area contributed by atoms with E-state index in [2.05, 4.69) is 6.92 Å². The number of unbranched alkanes of at least 4 members (excludes halogenated alkanes) is 1. The lowest BCUT2D eigenvalue weighted by Gasteiger charge is -2.13. The van der Waals surface area contributed by atoms with Crippen LogP contribution in [-0.2, 0) is 0 Å². The van der Waals surface area contributed by atoms with Gasteiger partial charge in [-0.15, -0.1) is 0 Å². The standard InChI is InChI=1S/C9H19N/c1-2-3-5-8-6-4-7-9(8)10/h8-9H,2-7,10H2,1H3/t8-,9+/m0/s1. The molecule has 1 fully saturated rings. The molecule has 0 amide bonds. The Morgan fingerprint density at radius 3 is 2.70 bits per heavy atom. The van der Waals surface area contributed by atoms with Gasteiger partial charge in [0.25, 0.3) is 0 Å². The van der Waals surface area contributed by atoms with Gasteiger partial charge in [-0.1, -0.05) is 26.2 Å². The molecule has 1 heteroatoms. The summed E-state index contributed by atoms with van der Waals surface area (Å²) in [5, 5.41) is 0.